The molecule has 3 aliphatic heterocycles. The van der Waals surface area contributed by atoms with Crippen LogP contribution >= 0.6 is 12.4 Å². The van der Waals surface area contributed by atoms with Gasteiger partial charge in [0.2, 0.25) is 0 Å². The number of likely N-dealkylation sites (N-methyl/N-ethyl adjacent to an activating group) is 1. The molecule has 1 aromatic carbocycles. The van der Waals surface area contributed by atoms with Crippen LogP contribution in [0.2, 0.25) is 0 Å². The highest BCUT2D eigenvalue weighted by molar-refractivity contribution is 5.85. The number of rotatable bonds is 4. The Bertz CT molecular complexity index is 588. The fraction of sp³-hybridized carbons (Fsp3) is 0.611. The van der Waals surface area contributed by atoms with Crippen LogP contribution in [0.15, 0.2) is 30.3 Å². The number of morpholine rings is 1. The van der Waals surface area contributed by atoms with Gasteiger partial charge in [-0.3, -0.25) is 4.79 Å². The van der Waals surface area contributed by atoms with Crippen molar-refractivity contribution in [1.29, 1.82) is 0 Å². The molecule has 3 saturated heterocycles. The first-order valence-electron chi connectivity index (χ1n) is 8.37. The van der Waals surface area contributed by atoms with E-state index < -0.39 is 5.92 Å². The van der Waals surface area contributed by atoms with Crippen LogP contribution in [0.25, 0.3) is 0 Å². The first kappa shape index (κ1) is 17.7. The van der Waals surface area contributed by atoms with Crippen molar-refractivity contribution < 1.29 is 23.9 Å². The van der Waals surface area contributed by atoms with Gasteiger partial charge in [-0.25, -0.2) is 0 Å². The summed E-state index contributed by atoms with van der Waals surface area (Å²) in [5.74, 6) is -0.908. The normalized spacial score (nSPS) is 36.2. The van der Waals surface area contributed by atoms with Gasteiger partial charge in [-0.2, -0.15) is 0 Å². The zero-order chi connectivity index (χ0) is 16.2. The molecule has 0 radical (unpaired) electrons. The number of esters is 1. The summed E-state index contributed by atoms with van der Waals surface area (Å²) < 4.78 is 12.5. The number of epoxide rings is 1. The SMILES string of the molecule is C[N+]1(C)C2CC(OC(=O)C(CO)c3ccccc3)CC1C1OC12.Cl. The Labute approximate surface area is 148 Å². The molecule has 0 aliphatic carbocycles. The van der Waals surface area contributed by atoms with Gasteiger partial charge in [0.25, 0.3) is 0 Å². The third-order valence-electron chi connectivity index (χ3n) is 5.99. The van der Waals surface area contributed by atoms with Gasteiger partial charge in [0.15, 0.2) is 0 Å². The zero-order valence-corrected chi connectivity index (χ0v) is 14.8. The molecule has 132 valence electrons. The van der Waals surface area contributed by atoms with Gasteiger partial charge in [-0.15, -0.1) is 12.4 Å². The highest BCUT2D eigenvalue weighted by Gasteiger charge is 2.70. The Morgan fingerprint density at radius 2 is 1.83 bits per heavy atom. The molecule has 0 saturated carbocycles. The van der Waals surface area contributed by atoms with Crippen molar-refractivity contribution in [2.75, 3.05) is 20.7 Å². The molecule has 3 fully saturated rings. The number of piperidine rings is 1. The number of hydrogen-bond acceptors (Lipinski definition) is 4. The van der Waals surface area contributed by atoms with Crippen LogP contribution < -0.4 is 0 Å². The predicted molar refractivity (Wildman–Crippen MR) is 91.0 cm³/mol. The quantitative estimate of drug-likeness (QED) is 0.505. The second kappa shape index (κ2) is 6.30. The number of ether oxygens (including phenoxy) is 2. The van der Waals surface area contributed by atoms with Crippen molar-refractivity contribution in [2.45, 2.75) is 49.2 Å². The zero-order valence-electron chi connectivity index (χ0n) is 14.0. The standard InChI is InChI=1S/C18H24NO4.ClH/c1-19(2)14-8-12(9-15(19)17-16(14)23-17)22-18(21)13(10-20)11-6-4-3-5-7-11;/h3-7,12-17,20H,8-10H2,1-2H3;1H/q+1;. The molecule has 3 heterocycles. The highest BCUT2D eigenvalue weighted by Crippen LogP contribution is 2.51. The molecular formula is C18H25ClNO4+. The van der Waals surface area contributed by atoms with E-state index in [1.165, 1.54) is 0 Å². The second-order valence-corrected chi connectivity index (χ2v) is 7.51. The smallest absolute Gasteiger partial charge is 0.316 e. The summed E-state index contributed by atoms with van der Waals surface area (Å²) >= 11 is 0. The molecule has 2 bridgehead atoms. The molecule has 0 amide bonds. The average molecular weight is 355 g/mol. The Balaban J connectivity index is 0.00000169. The first-order valence-corrected chi connectivity index (χ1v) is 8.37. The largest absolute Gasteiger partial charge is 0.461 e. The Morgan fingerprint density at radius 1 is 1.25 bits per heavy atom. The number of aliphatic hydroxyl groups is 1. The van der Waals surface area contributed by atoms with Crippen LogP contribution in [0, 0.1) is 0 Å². The Hall–Kier alpha value is -1.14. The number of halogens is 1. The average Bonchev–Trinajstić information content (AvgIpc) is 3.27. The van der Waals surface area contributed by atoms with Gasteiger partial charge in [-0.1, -0.05) is 30.3 Å². The van der Waals surface area contributed by atoms with Crippen LogP contribution in [0.1, 0.15) is 24.3 Å². The predicted octanol–water partition coefficient (Wildman–Crippen LogP) is 1.48. The van der Waals surface area contributed by atoms with Gasteiger partial charge in [0, 0.05) is 12.8 Å². The van der Waals surface area contributed by atoms with Gasteiger partial charge in [-0.05, 0) is 5.56 Å². The molecule has 24 heavy (non-hydrogen) atoms. The maximum Gasteiger partial charge on any atom is 0.316 e. The number of fused-ring (bicyclic) bond motifs is 5. The number of hydrogen-bond donors (Lipinski definition) is 1. The third-order valence-corrected chi connectivity index (χ3v) is 5.99. The number of nitrogens with zero attached hydrogens (tertiary/aromatic N) is 1. The summed E-state index contributed by atoms with van der Waals surface area (Å²) in [5, 5.41) is 9.60. The van der Waals surface area contributed by atoms with Crippen LogP contribution in [-0.2, 0) is 14.3 Å². The summed E-state index contributed by atoms with van der Waals surface area (Å²) in [7, 11) is 4.51. The van der Waals surface area contributed by atoms with E-state index in [-0.39, 0.29) is 31.1 Å². The van der Waals surface area contributed by atoms with Crippen molar-refractivity contribution in [3.05, 3.63) is 35.9 Å². The van der Waals surface area contributed by atoms with Gasteiger partial charge in [0.1, 0.15) is 36.3 Å². The van der Waals surface area contributed by atoms with Crippen LogP contribution in [0.3, 0.4) is 0 Å². The number of quaternary nitrogens is 1. The third kappa shape index (κ3) is 2.73. The summed E-state index contributed by atoms with van der Waals surface area (Å²) in [6.45, 7) is -0.224. The fourth-order valence-electron chi connectivity index (χ4n) is 4.55. The molecule has 6 heteroatoms. The van der Waals surface area contributed by atoms with Gasteiger partial charge < -0.3 is 19.1 Å². The lowest BCUT2D eigenvalue weighted by molar-refractivity contribution is -0.938. The monoisotopic (exact) mass is 354 g/mol. The molecule has 5 nitrogen and oxygen atoms in total. The molecule has 5 unspecified atom stereocenters. The van der Waals surface area contributed by atoms with Crippen molar-refractivity contribution >= 4 is 18.4 Å². The Morgan fingerprint density at radius 3 is 2.38 bits per heavy atom. The maximum atomic E-state index is 12.5. The lowest BCUT2D eigenvalue weighted by atomic mass is 9.95. The molecule has 3 aliphatic rings. The van der Waals surface area contributed by atoms with E-state index in [9.17, 15) is 9.90 Å². The number of aliphatic hydroxyl groups excluding tert-OH is 1. The van der Waals surface area contributed by atoms with Crippen molar-refractivity contribution in [2.24, 2.45) is 0 Å². The van der Waals surface area contributed by atoms with Crippen LogP contribution in [0.4, 0.5) is 0 Å². The topological polar surface area (TPSA) is 59.1 Å². The van der Waals surface area contributed by atoms with E-state index in [2.05, 4.69) is 14.1 Å². The van der Waals surface area contributed by atoms with E-state index in [0.717, 1.165) is 22.9 Å². The number of carbonyl (C=O) groups excluding carboxylic acids is 1. The number of carbonyl (C=O) groups is 1. The minimum Gasteiger partial charge on any atom is -0.461 e. The lowest BCUT2D eigenvalue weighted by Crippen LogP contribution is -2.60. The van der Waals surface area contributed by atoms with Gasteiger partial charge in [0.05, 0.1) is 20.7 Å². The molecule has 5 atom stereocenters. The van der Waals surface area contributed by atoms with E-state index in [1.807, 2.05) is 30.3 Å². The van der Waals surface area contributed by atoms with Crippen molar-refractivity contribution in [3.8, 4) is 0 Å². The molecule has 1 aromatic rings. The van der Waals surface area contributed by atoms with Crippen molar-refractivity contribution in [3.63, 3.8) is 0 Å². The summed E-state index contributed by atoms with van der Waals surface area (Å²) in [6.07, 6.45) is 2.34. The van der Waals surface area contributed by atoms with E-state index in [1.54, 1.807) is 0 Å². The molecule has 0 spiro atoms. The summed E-state index contributed by atoms with van der Waals surface area (Å²) in [4.78, 5) is 12.5. The Kier molecular flexibility index (Phi) is 4.64. The summed E-state index contributed by atoms with van der Waals surface area (Å²) in [6, 6.07) is 10.2. The molecule has 1 N–H and O–H groups in total. The van der Waals surface area contributed by atoms with Crippen molar-refractivity contribution in [1.82, 2.24) is 0 Å². The van der Waals surface area contributed by atoms with Gasteiger partial charge >= 0.3 is 5.97 Å². The minimum absolute atomic E-state index is 0. The maximum absolute atomic E-state index is 12.5. The van der Waals surface area contributed by atoms with Crippen LogP contribution in [0.5, 0.6) is 0 Å². The second-order valence-electron chi connectivity index (χ2n) is 7.51. The lowest BCUT2D eigenvalue weighted by Gasteiger charge is -2.45. The number of benzene rings is 1. The fourth-order valence-corrected chi connectivity index (χ4v) is 4.55. The minimum atomic E-state index is -0.593. The van der Waals surface area contributed by atoms with E-state index in [0.29, 0.717) is 24.3 Å². The van der Waals surface area contributed by atoms with Crippen LogP contribution in [-0.4, -0.2) is 66.7 Å². The van der Waals surface area contributed by atoms with E-state index in [4.69, 9.17) is 9.47 Å². The molecule has 4 rings (SSSR count). The molecule has 0 aromatic heterocycles. The van der Waals surface area contributed by atoms with E-state index >= 15 is 0 Å². The highest BCUT2D eigenvalue weighted by atomic mass is 35.5. The summed E-state index contributed by atoms with van der Waals surface area (Å²) in [5.41, 5.74) is 0.807. The first-order chi connectivity index (χ1) is 11.0. The molecular weight excluding hydrogens is 330 g/mol.